The van der Waals surface area contributed by atoms with Gasteiger partial charge in [0.2, 0.25) is 5.91 Å². The summed E-state index contributed by atoms with van der Waals surface area (Å²) in [5, 5.41) is 8.84. The van der Waals surface area contributed by atoms with Crippen LogP contribution in [0.2, 0.25) is 0 Å². The number of hydrogen-bond acceptors (Lipinski definition) is 3. The second kappa shape index (κ2) is 7.22. The molecule has 1 N–H and O–H groups in total. The molecule has 5 heteroatoms. The Morgan fingerprint density at radius 2 is 2.05 bits per heavy atom. The van der Waals surface area contributed by atoms with Gasteiger partial charge in [0.15, 0.2) is 0 Å². The van der Waals surface area contributed by atoms with Crippen LogP contribution in [0.25, 0.3) is 0 Å². The van der Waals surface area contributed by atoms with Gasteiger partial charge in [-0.15, -0.1) is 0 Å². The molecule has 0 saturated carbocycles. The van der Waals surface area contributed by atoms with E-state index in [4.69, 9.17) is 9.84 Å². The van der Waals surface area contributed by atoms with E-state index in [-0.39, 0.29) is 11.5 Å². The van der Waals surface area contributed by atoms with E-state index in [9.17, 15) is 9.59 Å². The van der Waals surface area contributed by atoms with Crippen LogP contribution < -0.4 is 0 Å². The van der Waals surface area contributed by atoms with Crippen LogP contribution in [0.3, 0.4) is 0 Å². The molecule has 0 aliphatic carbocycles. The van der Waals surface area contributed by atoms with Crippen molar-refractivity contribution in [1.82, 2.24) is 4.90 Å². The largest absolute Gasteiger partial charge is 0.478 e. The predicted octanol–water partition coefficient (Wildman–Crippen LogP) is 1.81. The van der Waals surface area contributed by atoms with Crippen molar-refractivity contribution < 1.29 is 19.4 Å². The highest BCUT2D eigenvalue weighted by Crippen LogP contribution is 2.15. The van der Waals surface area contributed by atoms with E-state index < -0.39 is 5.97 Å². The zero-order valence-corrected chi connectivity index (χ0v) is 12.2. The number of carbonyl (C=O) groups is 2. The van der Waals surface area contributed by atoms with Gasteiger partial charge in [-0.2, -0.15) is 0 Å². The Bertz CT molecular complexity index is 492. The molecule has 0 aromatic heterocycles. The minimum atomic E-state index is -0.956. The highest BCUT2D eigenvalue weighted by Gasteiger charge is 2.18. The summed E-state index contributed by atoms with van der Waals surface area (Å²) >= 11 is 0. The van der Waals surface area contributed by atoms with Gasteiger partial charge in [0.25, 0.3) is 0 Å². The van der Waals surface area contributed by atoms with E-state index >= 15 is 0 Å². The summed E-state index contributed by atoms with van der Waals surface area (Å²) in [6.45, 7) is 2.26. The first kappa shape index (κ1) is 15.5. The third kappa shape index (κ3) is 4.56. The molecule has 1 amide bonds. The Morgan fingerprint density at radius 1 is 1.33 bits per heavy atom. The van der Waals surface area contributed by atoms with Crippen molar-refractivity contribution in [1.29, 1.82) is 0 Å². The summed E-state index contributed by atoms with van der Waals surface area (Å²) in [5.74, 6) is -0.493. The standard InChI is InChI=1S/C16H21NO4/c1-17(10-13-3-2-8-21-11-13)15(18)9-12-4-6-14(7-5-12)16(19)20/h4-7,13H,2-3,8-11H2,1H3,(H,19,20)/t13-/m0/s1. The quantitative estimate of drug-likeness (QED) is 0.898. The van der Waals surface area contributed by atoms with Crippen LogP contribution in [0.4, 0.5) is 0 Å². The Hall–Kier alpha value is -1.88. The molecule has 1 aliphatic rings. The number of amides is 1. The van der Waals surface area contributed by atoms with Crippen molar-refractivity contribution in [3.8, 4) is 0 Å². The SMILES string of the molecule is CN(C[C@@H]1CCCOC1)C(=O)Cc1ccc(C(=O)O)cc1. The number of hydrogen-bond donors (Lipinski definition) is 1. The molecular formula is C16H21NO4. The lowest BCUT2D eigenvalue weighted by atomic mass is 10.0. The molecule has 2 rings (SSSR count). The van der Waals surface area contributed by atoms with Crippen LogP contribution in [-0.4, -0.2) is 48.7 Å². The fourth-order valence-corrected chi connectivity index (χ4v) is 2.52. The molecule has 1 aromatic carbocycles. The first-order valence-electron chi connectivity index (χ1n) is 7.20. The smallest absolute Gasteiger partial charge is 0.335 e. The number of likely N-dealkylation sites (N-methyl/N-ethyl adjacent to an activating group) is 1. The highest BCUT2D eigenvalue weighted by atomic mass is 16.5. The summed E-state index contributed by atoms with van der Waals surface area (Å²) in [6, 6.07) is 6.44. The topological polar surface area (TPSA) is 66.8 Å². The lowest BCUT2D eigenvalue weighted by Gasteiger charge is -2.27. The summed E-state index contributed by atoms with van der Waals surface area (Å²) in [5.41, 5.74) is 1.07. The van der Waals surface area contributed by atoms with Gasteiger partial charge in [-0.3, -0.25) is 4.79 Å². The predicted molar refractivity (Wildman–Crippen MR) is 78.3 cm³/mol. The van der Waals surface area contributed by atoms with Crippen LogP contribution in [-0.2, 0) is 16.0 Å². The molecule has 0 radical (unpaired) electrons. The zero-order valence-electron chi connectivity index (χ0n) is 12.2. The second-order valence-electron chi connectivity index (χ2n) is 5.54. The molecule has 0 bridgehead atoms. The first-order valence-corrected chi connectivity index (χ1v) is 7.20. The average Bonchev–Trinajstić information content (AvgIpc) is 2.48. The number of benzene rings is 1. The summed E-state index contributed by atoms with van der Waals surface area (Å²) < 4.78 is 5.42. The Kier molecular flexibility index (Phi) is 5.33. The molecule has 114 valence electrons. The maximum Gasteiger partial charge on any atom is 0.335 e. The number of carboxylic acid groups (broad SMARTS) is 1. The molecule has 1 saturated heterocycles. The summed E-state index contributed by atoms with van der Waals surface area (Å²) in [7, 11) is 1.81. The van der Waals surface area contributed by atoms with Crippen molar-refractivity contribution in [3.63, 3.8) is 0 Å². The van der Waals surface area contributed by atoms with Crippen molar-refractivity contribution in [2.75, 3.05) is 26.8 Å². The Labute approximate surface area is 124 Å². The van der Waals surface area contributed by atoms with Gasteiger partial charge < -0.3 is 14.7 Å². The molecule has 1 fully saturated rings. The van der Waals surface area contributed by atoms with Gasteiger partial charge in [-0.05, 0) is 36.5 Å². The minimum absolute atomic E-state index is 0.0450. The maximum atomic E-state index is 12.2. The molecule has 0 spiro atoms. The molecule has 5 nitrogen and oxygen atoms in total. The molecule has 21 heavy (non-hydrogen) atoms. The number of nitrogens with zero attached hydrogens (tertiary/aromatic N) is 1. The fraction of sp³-hybridized carbons (Fsp3) is 0.500. The molecule has 0 unspecified atom stereocenters. The van der Waals surface area contributed by atoms with E-state index in [0.29, 0.717) is 18.9 Å². The van der Waals surface area contributed by atoms with E-state index in [2.05, 4.69) is 0 Å². The summed E-state index contributed by atoms with van der Waals surface area (Å²) in [6.07, 6.45) is 2.46. The van der Waals surface area contributed by atoms with Gasteiger partial charge in [0.05, 0.1) is 18.6 Å². The van der Waals surface area contributed by atoms with E-state index in [0.717, 1.165) is 31.6 Å². The molecule has 1 aromatic rings. The van der Waals surface area contributed by atoms with E-state index in [1.54, 1.807) is 17.0 Å². The third-order valence-corrected chi connectivity index (χ3v) is 3.77. The van der Waals surface area contributed by atoms with Crippen LogP contribution in [0, 0.1) is 5.92 Å². The lowest BCUT2D eigenvalue weighted by Crippen LogP contribution is -2.35. The molecule has 1 heterocycles. The number of rotatable bonds is 5. The van der Waals surface area contributed by atoms with E-state index in [1.807, 2.05) is 7.05 Å². The molecule has 1 aliphatic heterocycles. The highest BCUT2D eigenvalue weighted by molar-refractivity contribution is 5.87. The van der Waals surface area contributed by atoms with Gasteiger partial charge >= 0.3 is 5.97 Å². The average molecular weight is 291 g/mol. The van der Waals surface area contributed by atoms with E-state index in [1.165, 1.54) is 12.1 Å². The normalized spacial score (nSPS) is 18.2. The Morgan fingerprint density at radius 3 is 2.62 bits per heavy atom. The number of carbonyl (C=O) groups excluding carboxylic acids is 1. The zero-order chi connectivity index (χ0) is 15.2. The Balaban J connectivity index is 1.86. The third-order valence-electron chi connectivity index (χ3n) is 3.77. The molecular weight excluding hydrogens is 270 g/mol. The van der Waals surface area contributed by atoms with Gasteiger partial charge in [-0.1, -0.05) is 12.1 Å². The maximum absolute atomic E-state index is 12.2. The summed E-state index contributed by atoms with van der Waals surface area (Å²) in [4.78, 5) is 24.7. The van der Waals surface area contributed by atoms with Crippen LogP contribution in [0.15, 0.2) is 24.3 Å². The van der Waals surface area contributed by atoms with Gasteiger partial charge in [-0.25, -0.2) is 4.79 Å². The van der Waals surface area contributed by atoms with Crippen molar-refractivity contribution in [3.05, 3.63) is 35.4 Å². The van der Waals surface area contributed by atoms with Crippen molar-refractivity contribution in [2.45, 2.75) is 19.3 Å². The van der Waals surface area contributed by atoms with Crippen molar-refractivity contribution >= 4 is 11.9 Å². The monoisotopic (exact) mass is 291 g/mol. The fourth-order valence-electron chi connectivity index (χ4n) is 2.52. The number of carboxylic acids is 1. The second-order valence-corrected chi connectivity index (χ2v) is 5.54. The first-order chi connectivity index (χ1) is 10.1. The molecule has 1 atom stereocenters. The van der Waals surface area contributed by atoms with Gasteiger partial charge in [0.1, 0.15) is 0 Å². The van der Waals surface area contributed by atoms with Crippen LogP contribution in [0.1, 0.15) is 28.8 Å². The number of ether oxygens (including phenoxy) is 1. The minimum Gasteiger partial charge on any atom is -0.478 e. The lowest BCUT2D eigenvalue weighted by molar-refractivity contribution is -0.130. The van der Waals surface area contributed by atoms with Gasteiger partial charge in [0, 0.05) is 20.2 Å². The van der Waals surface area contributed by atoms with Crippen molar-refractivity contribution in [2.24, 2.45) is 5.92 Å². The number of aromatic carboxylic acids is 1. The van der Waals surface area contributed by atoms with Crippen LogP contribution >= 0.6 is 0 Å². The van der Waals surface area contributed by atoms with Crippen LogP contribution in [0.5, 0.6) is 0 Å².